The molecule has 0 saturated carbocycles. The van der Waals surface area contributed by atoms with E-state index in [4.69, 9.17) is 9.47 Å². The van der Waals surface area contributed by atoms with E-state index in [0.717, 1.165) is 51.9 Å². The molecule has 2 aliphatic rings. The van der Waals surface area contributed by atoms with Crippen molar-refractivity contribution < 1.29 is 22.7 Å². The average molecular weight is 439 g/mol. The maximum absolute atomic E-state index is 12.2. The van der Waals surface area contributed by atoms with Gasteiger partial charge in [-0.3, -0.25) is 4.90 Å². The van der Waals surface area contributed by atoms with Gasteiger partial charge in [-0.05, 0) is 70.7 Å². The summed E-state index contributed by atoms with van der Waals surface area (Å²) < 4.78 is 34.7. The highest BCUT2D eigenvalue weighted by Crippen LogP contribution is 2.25. The highest BCUT2D eigenvalue weighted by Gasteiger charge is 2.31. The van der Waals surface area contributed by atoms with Gasteiger partial charge in [0.15, 0.2) is 9.84 Å². The summed E-state index contributed by atoms with van der Waals surface area (Å²) in [4.78, 5) is 16.9. The zero-order valence-corrected chi connectivity index (χ0v) is 19.3. The van der Waals surface area contributed by atoms with Gasteiger partial charge >= 0.3 is 6.09 Å². The Morgan fingerprint density at radius 3 is 2.03 bits per heavy atom. The van der Waals surface area contributed by atoms with Crippen LogP contribution in [-0.4, -0.2) is 74.5 Å². The fourth-order valence-electron chi connectivity index (χ4n) is 4.06. The van der Waals surface area contributed by atoms with Crippen molar-refractivity contribution >= 4 is 15.9 Å². The summed E-state index contributed by atoms with van der Waals surface area (Å²) in [5, 5.41) is 0. The van der Waals surface area contributed by atoms with Crippen LogP contribution in [0.1, 0.15) is 46.5 Å². The van der Waals surface area contributed by atoms with E-state index in [-0.39, 0.29) is 12.2 Å². The van der Waals surface area contributed by atoms with E-state index in [9.17, 15) is 13.2 Å². The number of ether oxygens (including phenoxy) is 2. The Morgan fingerprint density at radius 2 is 1.53 bits per heavy atom. The molecule has 1 aromatic rings. The van der Waals surface area contributed by atoms with Gasteiger partial charge in [-0.15, -0.1) is 0 Å². The maximum Gasteiger partial charge on any atom is 0.410 e. The van der Waals surface area contributed by atoms with Crippen LogP contribution in [0.3, 0.4) is 0 Å². The van der Waals surface area contributed by atoms with Gasteiger partial charge in [0.05, 0.1) is 4.90 Å². The predicted molar refractivity (Wildman–Crippen MR) is 116 cm³/mol. The molecule has 0 aromatic heterocycles. The number of hydrogen-bond donors (Lipinski definition) is 0. The first kappa shape index (κ1) is 22.9. The summed E-state index contributed by atoms with van der Waals surface area (Å²) >= 11 is 0. The Bertz CT molecular complexity index is 816. The van der Waals surface area contributed by atoms with Gasteiger partial charge in [-0.2, -0.15) is 0 Å². The lowest BCUT2D eigenvalue weighted by Crippen LogP contribution is -2.50. The molecule has 2 saturated heterocycles. The lowest BCUT2D eigenvalue weighted by Gasteiger charge is -2.41. The number of sulfone groups is 1. The molecule has 1 aromatic carbocycles. The number of likely N-dealkylation sites (tertiary alicyclic amines) is 2. The number of benzene rings is 1. The SMILES string of the molecule is CC(C)(C)OC(=O)N1CCC(N2CCC(Oc3ccc(S(C)(=O)=O)cc3)CC2)CC1. The largest absolute Gasteiger partial charge is 0.490 e. The molecule has 0 radical (unpaired) electrons. The summed E-state index contributed by atoms with van der Waals surface area (Å²) in [5.41, 5.74) is -0.457. The van der Waals surface area contributed by atoms with E-state index < -0.39 is 15.4 Å². The number of carbonyl (C=O) groups excluding carboxylic acids is 1. The van der Waals surface area contributed by atoms with Gasteiger partial charge in [0.2, 0.25) is 0 Å². The smallest absolute Gasteiger partial charge is 0.410 e. The topological polar surface area (TPSA) is 76.2 Å². The summed E-state index contributed by atoms with van der Waals surface area (Å²) in [6.45, 7) is 9.11. The average Bonchev–Trinajstić information content (AvgIpc) is 2.67. The van der Waals surface area contributed by atoms with Crippen LogP contribution < -0.4 is 4.74 Å². The van der Waals surface area contributed by atoms with E-state index >= 15 is 0 Å². The fraction of sp³-hybridized carbons (Fsp3) is 0.682. The summed E-state index contributed by atoms with van der Waals surface area (Å²) in [6, 6.07) is 7.15. The standard InChI is InChI=1S/C22H34N2O5S/c1-22(2,3)29-21(25)24-13-9-17(10-14-24)23-15-11-19(12-16-23)28-18-5-7-20(8-6-18)30(4,26)27/h5-8,17,19H,9-16H2,1-4H3. The molecular formula is C22H34N2O5S. The maximum atomic E-state index is 12.2. The molecule has 0 bridgehead atoms. The summed E-state index contributed by atoms with van der Waals surface area (Å²) in [6.07, 6.45) is 4.97. The van der Waals surface area contributed by atoms with Crippen LogP contribution >= 0.6 is 0 Å². The molecule has 2 aliphatic heterocycles. The second-order valence-corrected chi connectivity index (χ2v) is 11.3. The third kappa shape index (κ3) is 6.35. The van der Waals surface area contributed by atoms with Crippen molar-refractivity contribution in [1.29, 1.82) is 0 Å². The van der Waals surface area contributed by atoms with Crippen molar-refractivity contribution in [2.75, 3.05) is 32.4 Å². The molecule has 0 atom stereocenters. The van der Waals surface area contributed by atoms with Gasteiger partial charge in [0.25, 0.3) is 0 Å². The van der Waals surface area contributed by atoms with Crippen molar-refractivity contribution in [1.82, 2.24) is 9.80 Å². The first-order chi connectivity index (χ1) is 14.0. The quantitative estimate of drug-likeness (QED) is 0.718. The van der Waals surface area contributed by atoms with Gasteiger partial charge in [-0.1, -0.05) is 0 Å². The predicted octanol–water partition coefficient (Wildman–Crippen LogP) is 3.33. The van der Waals surface area contributed by atoms with Crippen LogP contribution in [-0.2, 0) is 14.6 Å². The van der Waals surface area contributed by atoms with Crippen LogP contribution in [0.4, 0.5) is 4.79 Å². The molecule has 3 rings (SSSR count). The van der Waals surface area contributed by atoms with E-state index in [1.165, 1.54) is 6.26 Å². The zero-order valence-electron chi connectivity index (χ0n) is 18.5. The van der Waals surface area contributed by atoms with E-state index in [2.05, 4.69) is 4.90 Å². The minimum atomic E-state index is -3.19. The number of rotatable bonds is 4. The number of amides is 1. The number of carbonyl (C=O) groups is 1. The molecule has 0 aliphatic carbocycles. The molecule has 2 heterocycles. The molecule has 1 amide bonds. The third-order valence-corrected chi connectivity index (χ3v) is 6.79. The minimum absolute atomic E-state index is 0.146. The zero-order chi connectivity index (χ0) is 21.9. The summed E-state index contributed by atoms with van der Waals surface area (Å²) in [7, 11) is -3.19. The second-order valence-electron chi connectivity index (χ2n) is 9.30. The molecule has 0 unspecified atom stereocenters. The monoisotopic (exact) mass is 438 g/mol. The highest BCUT2D eigenvalue weighted by atomic mass is 32.2. The normalized spacial score (nSPS) is 20.2. The molecule has 0 spiro atoms. The number of nitrogens with zero attached hydrogens (tertiary/aromatic N) is 2. The van der Waals surface area contributed by atoms with Gasteiger partial charge < -0.3 is 14.4 Å². The Balaban J connectivity index is 1.42. The molecule has 7 nitrogen and oxygen atoms in total. The lowest BCUT2D eigenvalue weighted by atomic mass is 9.99. The molecule has 8 heteroatoms. The molecule has 168 valence electrons. The highest BCUT2D eigenvalue weighted by molar-refractivity contribution is 7.90. The molecular weight excluding hydrogens is 404 g/mol. The first-order valence-corrected chi connectivity index (χ1v) is 12.6. The summed E-state index contributed by atoms with van der Waals surface area (Å²) in [5.74, 6) is 0.714. The van der Waals surface area contributed by atoms with Gasteiger partial charge in [-0.25, -0.2) is 13.2 Å². The van der Waals surface area contributed by atoms with E-state index in [1.54, 1.807) is 24.3 Å². The first-order valence-electron chi connectivity index (χ1n) is 10.7. The minimum Gasteiger partial charge on any atom is -0.490 e. The Hall–Kier alpha value is -1.80. The molecule has 0 N–H and O–H groups in total. The van der Waals surface area contributed by atoms with Crippen LogP contribution in [0.5, 0.6) is 5.75 Å². The number of piperidine rings is 2. The van der Waals surface area contributed by atoms with Crippen LogP contribution in [0.2, 0.25) is 0 Å². The fourth-order valence-corrected chi connectivity index (χ4v) is 4.69. The lowest BCUT2D eigenvalue weighted by molar-refractivity contribution is 0.00906. The van der Waals surface area contributed by atoms with Crippen molar-refractivity contribution in [3.63, 3.8) is 0 Å². The Labute approximate surface area is 180 Å². The second kappa shape index (κ2) is 9.14. The van der Waals surface area contributed by atoms with Crippen LogP contribution in [0.15, 0.2) is 29.2 Å². The van der Waals surface area contributed by atoms with Crippen molar-refractivity contribution in [3.8, 4) is 5.75 Å². The third-order valence-electron chi connectivity index (χ3n) is 5.66. The number of hydrogen-bond acceptors (Lipinski definition) is 6. The molecule has 2 fully saturated rings. The van der Waals surface area contributed by atoms with Crippen LogP contribution in [0.25, 0.3) is 0 Å². The van der Waals surface area contributed by atoms with Crippen LogP contribution in [0, 0.1) is 0 Å². The van der Waals surface area contributed by atoms with Gasteiger partial charge in [0, 0.05) is 38.5 Å². The van der Waals surface area contributed by atoms with Crippen molar-refractivity contribution in [3.05, 3.63) is 24.3 Å². The Kier molecular flexibility index (Phi) is 6.97. The van der Waals surface area contributed by atoms with E-state index in [0.29, 0.717) is 16.7 Å². The Morgan fingerprint density at radius 1 is 0.967 bits per heavy atom. The van der Waals surface area contributed by atoms with Crippen molar-refractivity contribution in [2.24, 2.45) is 0 Å². The van der Waals surface area contributed by atoms with Gasteiger partial charge in [0.1, 0.15) is 17.5 Å². The molecule has 30 heavy (non-hydrogen) atoms. The van der Waals surface area contributed by atoms with Crippen molar-refractivity contribution in [2.45, 2.75) is 69.1 Å². The van der Waals surface area contributed by atoms with E-state index in [1.807, 2.05) is 25.7 Å².